The number of hydrogen-bond donors (Lipinski definition) is 0. The first-order chi connectivity index (χ1) is 6.90. The van der Waals surface area contributed by atoms with Crippen molar-refractivity contribution in [1.29, 1.82) is 0 Å². The van der Waals surface area contributed by atoms with Crippen molar-refractivity contribution >= 4 is 22.6 Å². The number of ether oxygens (including phenoxy) is 2. The summed E-state index contributed by atoms with van der Waals surface area (Å²) < 4.78 is 12.9. The van der Waals surface area contributed by atoms with Crippen LogP contribution in [0.2, 0.25) is 0 Å². The van der Waals surface area contributed by atoms with Crippen LogP contribution in [0.15, 0.2) is 0 Å². The molecule has 0 amide bonds. The van der Waals surface area contributed by atoms with Gasteiger partial charge in [-0.05, 0) is 38.0 Å². The van der Waals surface area contributed by atoms with E-state index in [1.54, 1.807) is 0 Å². The molecule has 1 saturated heterocycles. The predicted molar refractivity (Wildman–Crippen MR) is 64.7 cm³/mol. The van der Waals surface area contributed by atoms with Crippen LogP contribution in [0.1, 0.15) is 38.5 Å². The second-order valence-corrected chi connectivity index (χ2v) is 5.20. The second kappa shape index (κ2) is 5.66. The fourth-order valence-corrected chi connectivity index (χ4v) is 3.38. The quantitative estimate of drug-likeness (QED) is 0.589. The van der Waals surface area contributed by atoms with Crippen molar-refractivity contribution in [2.24, 2.45) is 5.92 Å². The lowest BCUT2D eigenvalue weighted by molar-refractivity contribution is -0.192. The Morgan fingerprint density at radius 3 is 2.79 bits per heavy atom. The molecule has 0 bridgehead atoms. The summed E-state index contributed by atoms with van der Waals surface area (Å²) in [7, 11) is 0. The van der Waals surface area contributed by atoms with Gasteiger partial charge in [0.05, 0.1) is 6.10 Å². The van der Waals surface area contributed by atoms with Gasteiger partial charge in [-0.15, -0.1) is 0 Å². The third kappa shape index (κ3) is 2.83. The molecule has 1 aliphatic heterocycles. The first-order valence-corrected chi connectivity index (χ1v) is 7.25. The van der Waals surface area contributed by atoms with Crippen LogP contribution >= 0.6 is 22.6 Å². The molecule has 0 N–H and O–H groups in total. The summed E-state index contributed by atoms with van der Waals surface area (Å²) in [5.74, 6) is 0.779. The summed E-state index contributed by atoms with van der Waals surface area (Å²) in [6, 6.07) is 0. The maximum atomic E-state index is 6.03. The predicted octanol–water partition coefficient (Wildman–Crippen LogP) is 3.13. The maximum absolute atomic E-state index is 6.03. The van der Waals surface area contributed by atoms with Gasteiger partial charge in [-0.3, -0.25) is 0 Å². The van der Waals surface area contributed by atoms with E-state index in [9.17, 15) is 0 Å². The monoisotopic (exact) mass is 310 g/mol. The highest BCUT2D eigenvalue weighted by Gasteiger charge is 2.30. The van der Waals surface area contributed by atoms with Gasteiger partial charge < -0.3 is 9.47 Å². The molecule has 82 valence electrons. The Morgan fingerprint density at radius 2 is 2.07 bits per heavy atom. The fourth-order valence-electron chi connectivity index (χ4n) is 2.37. The summed E-state index contributed by atoms with van der Waals surface area (Å²) in [6.45, 7) is 0.895. The molecule has 0 aromatic rings. The molecule has 3 atom stereocenters. The van der Waals surface area contributed by atoms with Crippen molar-refractivity contribution in [2.45, 2.75) is 50.9 Å². The summed E-state index contributed by atoms with van der Waals surface area (Å²) >= 11 is 2.48. The van der Waals surface area contributed by atoms with E-state index in [-0.39, 0.29) is 6.29 Å². The highest BCUT2D eigenvalue weighted by molar-refractivity contribution is 14.1. The molecule has 0 radical (unpaired) electrons. The maximum Gasteiger partial charge on any atom is 0.157 e. The van der Waals surface area contributed by atoms with Gasteiger partial charge in [0.1, 0.15) is 0 Å². The van der Waals surface area contributed by atoms with E-state index >= 15 is 0 Å². The van der Waals surface area contributed by atoms with Crippen LogP contribution in [-0.2, 0) is 9.47 Å². The minimum atomic E-state index is 0.109. The second-order valence-electron chi connectivity index (χ2n) is 4.32. The molecule has 2 rings (SSSR count). The first-order valence-electron chi connectivity index (χ1n) is 5.73. The van der Waals surface area contributed by atoms with Crippen molar-refractivity contribution < 1.29 is 9.47 Å². The van der Waals surface area contributed by atoms with Crippen LogP contribution in [0, 0.1) is 5.92 Å². The molecule has 1 heterocycles. The van der Waals surface area contributed by atoms with Crippen LogP contribution < -0.4 is 0 Å². The molecule has 3 heteroatoms. The lowest BCUT2D eigenvalue weighted by Crippen LogP contribution is -2.30. The van der Waals surface area contributed by atoms with Crippen molar-refractivity contribution in [2.75, 3.05) is 11.0 Å². The highest BCUT2D eigenvalue weighted by Crippen LogP contribution is 2.31. The topological polar surface area (TPSA) is 18.5 Å². The van der Waals surface area contributed by atoms with E-state index < -0.39 is 0 Å². The summed E-state index contributed by atoms with van der Waals surface area (Å²) in [5.41, 5.74) is 0. The summed E-state index contributed by atoms with van der Waals surface area (Å²) in [5, 5.41) is 0. The van der Waals surface area contributed by atoms with Gasteiger partial charge in [-0.1, -0.05) is 29.0 Å². The first kappa shape index (κ1) is 11.1. The molecule has 1 saturated carbocycles. The fraction of sp³-hybridized carbons (Fsp3) is 1.00. The molecule has 1 aliphatic carbocycles. The zero-order chi connectivity index (χ0) is 9.80. The molecule has 0 aromatic heterocycles. The normalized spacial score (nSPS) is 38.8. The molecule has 3 unspecified atom stereocenters. The smallest absolute Gasteiger partial charge is 0.157 e. The molecular formula is C11H19IO2. The minimum Gasteiger partial charge on any atom is -0.353 e. The van der Waals surface area contributed by atoms with Gasteiger partial charge in [-0.2, -0.15) is 0 Å². The van der Waals surface area contributed by atoms with Crippen LogP contribution in [0.5, 0.6) is 0 Å². The van der Waals surface area contributed by atoms with Gasteiger partial charge in [0.2, 0.25) is 0 Å². The third-order valence-electron chi connectivity index (χ3n) is 3.25. The standard InChI is InChI=1S/C11H19IO2/c12-8-9-4-3-5-10(9)14-11-6-1-2-7-13-11/h9-11H,1-8H2. The zero-order valence-electron chi connectivity index (χ0n) is 8.58. The molecule has 2 aliphatic rings. The van der Waals surface area contributed by atoms with Gasteiger partial charge in [0.15, 0.2) is 6.29 Å². The van der Waals surface area contributed by atoms with E-state index in [0.717, 1.165) is 18.9 Å². The molecule has 2 nitrogen and oxygen atoms in total. The van der Waals surface area contributed by atoms with Gasteiger partial charge in [-0.25, -0.2) is 0 Å². The van der Waals surface area contributed by atoms with Crippen molar-refractivity contribution in [3.8, 4) is 0 Å². The lowest BCUT2D eigenvalue weighted by atomic mass is 10.1. The van der Waals surface area contributed by atoms with Crippen molar-refractivity contribution in [1.82, 2.24) is 0 Å². The minimum absolute atomic E-state index is 0.109. The van der Waals surface area contributed by atoms with Crippen molar-refractivity contribution in [3.05, 3.63) is 0 Å². The Kier molecular flexibility index (Phi) is 4.50. The van der Waals surface area contributed by atoms with Gasteiger partial charge >= 0.3 is 0 Å². The number of alkyl halides is 1. The Labute approximate surface area is 99.9 Å². The molecular weight excluding hydrogens is 291 g/mol. The van der Waals surface area contributed by atoms with E-state index in [4.69, 9.17) is 9.47 Å². The van der Waals surface area contributed by atoms with Gasteiger partial charge in [0.25, 0.3) is 0 Å². The van der Waals surface area contributed by atoms with Crippen LogP contribution in [0.25, 0.3) is 0 Å². The Morgan fingerprint density at radius 1 is 1.14 bits per heavy atom. The molecule has 0 aromatic carbocycles. The van der Waals surface area contributed by atoms with E-state index in [1.165, 1.54) is 36.5 Å². The van der Waals surface area contributed by atoms with E-state index in [2.05, 4.69) is 22.6 Å². The van der Waals surface area contributed by atoms with Crippen LogP contribution in [0.3, 0.4) is 0 Å². The van der Waals surface area contributed by atoms with Gasteiger partial charge in [0, 0.05) is 11.0 Å². The highest BCUT2D eigenvalue weighted by atomic mass is 127. The molecule has 14 heavy (non-hydrogen) atoms. The molecule has 2 fully saturated rings. The van der Waals surface area contributed by atoms with E-state index in [0.29, 0.717) is 6.10 Å². The number of hydrogen-bond acceptors (Lipinski definition) is 2. The SMILES string of the molecule is ICC1CCCC1OC1CCCCO1. The Bertz CT molecular complexity index is 169. The molecule has 0 spiro atoms. The summed E-state index contributed by atoms with van der Waals surface area (Å²) in [4.78, 5) is 0. The van der Waals surface area contributed by atoms with E-state index in [1.807, 2.05) is 0 Å². The Balaban J connectivity index is 1.77. The largest absolute Gasteiger partial charge is 0.353 e. The van der Waals surface area contributed by atoms with Crippen LogP contribution in [0.4, 0.5) is 0 Å². The van der Waals surface area contributed by atoms with Crippen molar-refractivity contribution in [3.63, 3.8) is 0 Å². The average molecular weight is 310 g/mol. The zero-order valence-corrected chi connectivity index (χ0v) is 10.7. The van der Waals surface area contributed by atoms with Crippen LogP contribution in [-0.4, -0.2) is 23.4 Å². The number of rotatable bonds is 3. The Hall–Kier alpha value is 0.650. The summed E-state index contributed by atoms with van der Waals surface area (Å²) in [6.07, 6.45) is 8.10. The number of halogens is 1. The lowest BCUT2D eigenvalue weighted by Gasteiger charge is -2.28. The third-order valence-corrected chi connectivity index (χ3v) is 4.38. The average Bonchev–Trinajstić information content (AvgIpc) is 2.67.